The van der Waals surface area contributed by atoms with Crippen molar-refractivity contribution in [2.24, 2.45) is 0 Å². The lowest BCUT2D eigenvalue weighted by atomic mass is 9.78. The molecule has 2 unspecified atom stereocenters. The minimum atomic E-state index is -0.855. The molecule has 2 rings (SSSR count). The summed E-state index contributed by atoms with van der Waals surface area (Å²) < 4.78 is 18.1. The summed E-state index contributed by atoms with van der Waals surface area (Å²) in [5.74, 6) is -0.272. The summed E-state index contributed by atoms with van der Waals surface area (Å²) in [5.41, 5.74) is -0.0669. The molecule has 0 bridgehead atoms. The molecule has 0 spiro atoms. The maximum atomic E-state index is 12.8. The van der Waals surface area contributed by atoms with Crippen LogP contribution in [0.15, 0.2) is 24.3 Å². The highest BCUT2D eigenvalue weighted by molar-refractivity contribution is 5.23. The Morgan fingerprint density at radius 2 is 2.06 bits per heavy atom. The summed E-state index contributed by atoms with van der Waals surface area (Å²) in [6, 6.07) is 6.11. The van der Waals surface area contributed by atoms with Gasteiger partial charge in [-0.15, -0.1) is 0 Å². The van der Waals surface area contributed by atoms with Crippen molar-refractivity contribution in [3.63, 3.8) is 0 Å². The maximum absolute atomic E-state index is 12.8. The van der Waals surface area contributed by atoms with Crippen LogP contribution < -0.4 is 0 Å². The van der Waals surface area contributed by atoms with Gasteiger partial charge in [-0.1, -0.05) is 12.1 Å². The summed E-state index contributed by atoms with van der Waals surface area (Å²) in [6.07, 6.45) is 3.34. The molecule has 0 heterocycles. The topological polar surface area (TPSA) is 29.5 Å². The second-order valence-electron chi connectivity index (χ2n) is 4.49. The van der Waals surface area contributed by atoms with Gasteiger partial charge in [0.1, 0.15) is 5.82 Å². The van der Waals surface area contributed by atoms with Gasteiger partial charge in [0, 0.05) is 13.5 Å². The third kappa shape index (κ3) is 2.25. The number of hydrogen-bond acceptors (Lipinski definition) is 2. The molecule has 0 saturated heterocycles. The minimum Gasteiger partial charge on any atom is -0.385 e. The van der Waals surface area contributed by atoms with E-state index in [0.29, 0.717) is 6.42 Å². The highest BCUT2D eigenvalue weighted by atomic mass is 19.1. The molecule has 2 atom stereocenters. The van der Waals surface area contributed by atoms with Crippen LogP contribution in [0.1, 0.15) is 31.2 Å². The van der Waals surface area contributed by atoms with Gasteiger partial charge in [0.25, 0.3) is 0 Å². The van der Waals surface area contributed by atoms with Crippen LogP contribution in [0, 0.1) is 5.82 Å². The molecule has 0 radical (unpaired) electrons. The number of halogens is 1. The fourth-order valence-electron chi connectivity index (χ4n) is 2.43. The molecule has 1 aliphatic carbocycles. The number of ether oxygens (including phenoxy) is 1. The van der Waals surface area contributed by atoms with Gasteiger partial charge in [-0.25, -0.2) is 4.39 Å². The fourth-order valence-corrected chi connectivity index (χ4v) is 2.43. The van der Waals surface area contributed by atoms with E-state index in [1.54, 1.807) is 19.2 Å². The molecule has 1 aromatic rings. The number of methoxy groups -OCH3 is 1. The number of benzene rings is 1. The molecule has 0 aromatic heterocycles. The molecule has 88 valence electrons. The van der Waals surface area contributed by atoms with E-state index in [-0.39, 0.29) is 11.9 Å². The highest BCUT2D eigenvalue weighted by Crippen LogP contribution is 2.37. The van der Waals surface area contributed by atoms with Crippen molar-refractivity contribution in [1.82, 2.24) is 0 Å². The first-order valence-electron chi connectivity index (χ1n) is 5.65. The highest BCUT2D eigenvalue weighted by Gasteiger charge is 2.35. The van der Waals surface area contributed by atoms with E-state index in [4.69, 9.17) is 4.74 Å². The predicted octanol–water partition coefficient (Wildman–Crippen LogP) is 2.60. The summed E-state index contributed by atoms with van der Waals surface area (Å²) in [6.45, 7) is 0. The van der Waals surface area contributed by atoms with Gasteiger partial charge in [-0.2, -0.15) is 0 Å². The van der Waals surface area contributed by atoms with Crippen LogP contribution in [0.4, 0.5) is 4.39 Å². The average molecular weight is 224 g/mol. The molecular weight excluding hydrogens is 207 g/mol. The van der Waals surface area contributed by atoms with E-state index in [1.807, 2.05) is 0 Å². The van der Waals surface area contributed by atoms with E-state index in [9.17, 15) is 9.50 Å². The Hall–Kier alpha value is -0.930. The Morgan fingerprint density at radius 1 is 1.38 bits per heavy atom. The van der Waals surface area contributed by atoms with Gasteiger partial charge in [-0.05, 0) is 37.0 Å². The zero-order chi connectivity index (χ0) is 11.6. The normalized spacial score (nSPS) is 30.3. The first-order chi connectivity index (χ1) is 7.64. The molecule has 1 saturated carbocycles. The van der Waals surface area contributed by atoms with Crippen LogP contribution in [0.5, 0.6) is 0 Å². The molecule has 1 N–H and O–H groups in total. The lowest BCUT2D eigenvalue weighted by Gasteiger charge is -2.36. The first-order valence-corrected chi connectivity index (χ1v) is 5.65. The molecule has 2 nitrogen and oxygen atoms in total. The van der Waals surface area contributed by atoms with Crippen molar-refractivity contribution in [2.45, 2.75) is 37.4 Å². The molecule has 1 aromatic carbocycles. The average Bonchev–Trinajstić information content (AvgIpc) is 2.29. The van der Waals surface area contributed by atoms with Gasteiger partial charge >= 0.3 is 0 Å². The minimum absolute atomic E-state index is 0.101. The molecular formula is C13H17FO2. The van der Waals surface area contributed by atoms with Gasteiger partial charge in [0.2, 0.25) is 0 Å². The third-order valence-corrected chi connectivity index (χ3v) is 3.40. The summed E-state index contributed by atoms with van der Waals surface area (Å²) >= 11 is 0. The Balaban J connectivity index is 2.20. The molecule has 16 heavy (non-hydrogen) atoms. The summed E-state index contributed by atoms with van der Waals surface area (Å²) in [7, 11) is 1.67. The smallest absolute Gasteiger partial charge is 0.123 e. The van der Waals surface area contributed by atoms with Gasteiger partial charge in [-0.3, -0.25) is 0 Å². The Labute approximate surface area is 95.1 Å². The van der Waals surface area contributed by atoms with E-state index < -0.39 is 5.60 Å². The number of aliphatic hydroxyl groups is 1. The van der Waals surface area contributed by atoms with Gasteiger partial charge < -0.3 is 9.84 Å². The predicted molar refractivity (Wildman–Crippen MR) is 59.6 cm³/mol. The fraction of sp³-hybridized carbons (Fsp3) is 0.538. The lowest BCUT2D eigenvalue weighted by molar-refractivity contribution is -0.0632. The monoisotopic (exact) mass is 224 g/mol. The van der Waals surface area contributed by atoms with Crippen molar-refractivity contribution in [2.75, 3.05) is 7.11 Å². The van der Waals surface area contributed by atoms with E-state index in [1.165, 1.54) is 12.1 Å². The number of hydrogen-bond donors (Lipinski definition) is 1. The van der Waals surface area contributed by atoms with Crippen LogP contribution >= 0.6 is 0 Å². The quantitative estimate of drug-likeness (QED) is 0.836. The Morgan fingerprint density at radius 3 is 2.69 bits per heavy atom. The largest absolute Gasteiger partial charge is 0.385 e. The van der Waals surface area contributed by atoms with Crippen molar-refractivity contribution in [1.29, 1.82) is 0 Å². The van der Waals surface area contributed by atoms with Crippen molar-refractivity contribution >= 4 is 0 Å². The molecule has 0 amide bonds. The zero-order valence-corrected chi connectivity index (χ0v) is 9.45. The zero-order valence-electron chi connectivity index (χ0n) is 9.45. The van der Waals surface area contributed by atoms with Crippen LogP contribution in [0.3, 0.4) is 0 Å². The van der Waals surface area contributed by atoms with Crippen molar-refractivity contribution in [3.8, 4) is 0 Å². The van der Waals surface area contributed by atoms with Crippen LogP contribution in [-0.4, -0.2) is 18.3 Å². The van der Waals surface area contributed by atoms with Gasteiger partial charge in [0.15, 0.2) is 0 Å². The van der Waals surface area contributed by atoms with E-state index in [2.05, 4.69) is 0 Å². The van der Waals surface area contributed by atoms with Crippen LogP contribution in [0.2, 0.25) is 0 Å². The maximum Gasteiger partial charge on any atom is 0.123 e. The second kappa shape index (κ2) is 4.52. The van der Waals surface area contributed by atoms with Crippen molar-refractivity contribution < 1.29 is 14.2 Å². The van der Waals surface area contributed by atoms with Crippen LogP contribution in [-0.2, 0) is 10.3 Å². The molecule has 1 fully saturated rings. The molecule has 1 aliphatic rings. The molecule has 3 heteroatoms. The number of rotatable bonds is 2. The summed E-state index contributed by atoms with van der Waals surface area (Å²) in [5, 5.41) is 10.5. The standard InChI is InChI=1S/C13H17FO2/c1-16-12-3-2-8-13(15,9-12)10-4-6-11(14)7-5-10/h4-7,12,15H,2-3,8-9H2,1H3. The van der Waals surface area contributed by atoms with Crippen molar-refractivity contribution in [3.05, 3.63) is 35.6 Å². The Bertz CT molecular complexity index is 349. The van der Waals surface area contributed by atoms with E-state index in [0.717, 1.165) is 24.8 Å². The SMILES string of the molecule is COC1CCCC(O)(c2ccc(F)cc2)C1. The molecule has 0 aliphatic heterocycles. The Kier molecular flexibility index (Phi) is 3.26. The lowest BCUT2D eigenvalue weighted by Crippen LogP contribution is -2.35. The third-order valence-electron chi connectivity index (χ3n) is 3.40. The first kappa shape index (κ1) is 11.6. The van der Waals surface area contributed by atoms with Crippen LogP contribution in [0.25, 0.3) is 0 Å². The van der Waals surface area contributed by atoms with E-state index >= 15 is 0 Å². The second-order valence-corrected chi connectivity index (χ2v) is 4.49. The van der Waals surface area contributed by atoms with Gasteiger partial charge in [0.05, 0.1) is 11.7 Å². The summed E-state index contributed by atoms with van der Waals surface area (Å²) in [4.78, 5) is 0.